The van der Waals surface area contributed by atoms with Gasteiger partial charge in [0.1, 0.15) is 5.75 Å². The lowest BCUT2D eigenvalue weighted by atomic mass is 10.3. The van der Waals surface area contributed by atoms with Gasteiger partial charge in [0.2, 0.25) is 11.7 Å². The number of hydrogen-bond donors (Lipinski definition) is 1. The number of rotatable bonds is 9. The molecule has 0 aliphatic heterocycles. The largest absolute Gasteiger partial charge is 0.461 e. The number of thioether (sulfide) groups is 1. The molecule has 0 bridgehead atoms. The first-order valence-corrected chi connectivity index (χ1v) is 9.47. The number of aromatic nitrogens is 3. The fourth-order valence-electron chi connectivity index (χ4n) is 2.47. The monoisotopic (exact) mass is 420 g/mol. The van der Waals surface area contributed by atoms with Gasteiger partial charge in [0.15, 0.2) is 10.9 Å². The van der Waals surface area contributed by atoms with Gasteiger partial charge in [-0.15, -0.1) is 16.8 Å². The fraction of sp³-hybridized carbons (Fsp3) is 0.211. The van der Waals surface area contributed by atoms with Crippen LogP contribution in [0.15, 0.2) is 64.9 Å². The highest BCUT2D eigenvalue weighted by atomic mass is 32.2. The molecule has 0 fully saturated rings. The predicted octanol–water partition coefficient (Wildman–Crippen LogP) is 4.44. The Morgan fingerprint density at radius 3 is 2.83 bits per heavy atom. The Morgan fingerprint density at radius 1 is 1.34 bits per heavy atom. The maximum absolute atomic E-state index is 12.6. The number of allylic oxidation sites excluding steroid dienone is 1. The second kappa shape index (κ2) is 9.37. The molecule has 0 aliphatic carbocycles. The lowest BCUT2D eigenvalue weighted by Gasteiger charge is -2.15. The maximum atomic E-state index is 12.6. The van der Waals surface area contributed by atoms with Crippen molar-refractivity contribution in [3.8, 4) is 17.3 Å². The molecule has 3 aromatic rings. The van der Waals surface area contributed by atoms with Gasteiger partial charge in [0.25, 0.3) is 0 Å². The molecule has 0 aliphatic rings. The quantitative estimate of drug-likeness (QED) is 0.407. The van der Waals surface area contributed by atoms with Crippen molar-refractivity contribution in [1.29, 1.82) is 0 Å². The molecule has 29 heavy (non-hydrogen) atoms. The molecule has 152 valence electrons. The Balaban J connectivity index is 1.75. The van der Waals surface area contributed by atoms with Crippen molar-refractivity contribution in [3.05, 3.63) is 55.3 Å². The average Bonchev–Trinajstić information content (AvgIpc) is 3.33. The molecule has 1 unspecified atom stereocenters. The maximum Gasteiger partial charge on any atom is 0.387 e. The third-order valence-electron chi connectivity index (χ3n) is 3.78. The summed E-state index contributed by atoms with van der Waals surface area (Å²) < 4.78 is 36.7. The van der Waals surface area contributed by atoms with Crippen LogP contribution in [0, 0.1) is 0 Å². The van der Waals surface area contributed by atoms with Gasteiger partial charge >= 0.3 is 6.61 Å². The normalized spacial score (nSPS) is 12.0. The highest BCUT2D eigenvalue weighted by Crippen LogP contribution is 2.30. The van der Waals surface area contributed by atoms with E-state index in [9.17, 15) is 13.6 Å². The minimum atomic E-state index is -2.99. The molecule has 2 aromatic heterocycles. The number of halogens is 2. The first-order chi connectivity index (χ1) is 14.0. The highest BCUT2D eigenvalue weighted by molar-refractivity contribution is 8.00. The minimum Gasteiger partial charge on any atom is -0.461 e. The van der Waals surface area contributed by atoms with E-state index in [-0.39, 0.29) is 11.4 Å². The minimum absolute atomic E-state index is 0.108. The van der Waals surface area contributed by atoms with Gasteiger partial charge in [-0.1, -0.05) is 30.0 Å². The zero-order valence-electron chi connectivity index (χ0n) is 15.4. The molecule has 2 heterocycles. The van der Waals surface area contributed by atoms with Gasteiger partial charge in [-0.25, -0.2) is 0 Å². The van der Waals surface area contributed by atoms with Crippen LogP contribution in [0.3, 0.4) is 0 Å². The van der Waals surface area contributed by atoms with Crippen LogP contribution < -0.4 is 10.1 Å². The zero-order valence-corrected chi connectivity index (χ0v) is 16.2. The van der Waals surface area contributed by atoms with Crippen molar-refractivity contribution in [1.82, 2.24) is 14.8 Å². The van der Waals surface area contributed by atoms with Gasteiger partial charge in [-0.3, -0.25) is 9.36 Å². The van der Waals surface area contributed by atoms with Crippen LogP contribution in [-0.4, -0.2) is 32.5 Å². The van der Waals surface area contributed by atoms with Crippen molar-refractivity contribution in [2.75, 3.05) is 5.32 Å². The Morgan fingerprint density at radius 2 is 2.14 bits per heavy atom. The van der Waals surface area contributed by atoms with E-state index in [0.29, 0.717) is 23.3 Å². The van der Waals surface area contributed by atoms with E-state index >= 15 is 0 Å². The molecule has 1 atom stereocenters. The van der Waals surface area contributed by atoms with Crippen molar-refractivity contribution in [2.24, 2.45) is 0 Å². The van der Waals surface area contributed by atoms with Crippen molar-refractivity contribution in [3.63, 3.8) is 0 Å². The number of para-hydroxylation sites is 2. The molecule has 7 nitrogen and oxygen atoms in total. The van der Waals surface area contributed by atoms with Gasteiger partial charge in [0.05, 0.1) is 17.2 Å². The van der Waals surface area contributed by atoms with E-state index < -0.39 is 17.8 Å². The number of carbonyl (C=O) groups excluding carboxylic acids is 1. The number of carbonyl (C=O) groups is 1. The first-order valence-electron chi connectivity index (χ1n) is 8.59. The highest BCUT2D eigenvalue weighted by Gasteiger charge is 2.22. The zero-order chi connectivity index (χ0) is 20.8. The van der Waals surface area contributed by atoms with Gasteiger partial charge in [-0.2, -0.15) is 8.78 Å². The molecule has 0 saturated heterocycles. The Bertz CT molecular complexity index is 976. The summed E-state index contributed by atoms with van der Waals surface area (Å²) in [4.78, 5) is 12.6. The lowest BCUT2D eigenvalue weighted by Crippen LogP contribution is -2.23. The van der Waals surface area contributed by atoms with Crippen LogP contribution in [-0.2, 0) is 11.3 Å². The molecular weight excluding hydrogens is 402 g/mol. The van der Waals surface area contributed by atoms with Gasteiger partial charge in [-0.05, 0) is 31.2 Å². The van der Waals surface area contributed by atoms with Crippen LogP contribution in [0.2, 0.25) is 0 Å². The molecule has 1 amide bonds. The average molecular weight is 420 g/mol. The third-order valence-corrected chi connectivity index (χ3v) is 4.86. The van der Waals surface area contributed by atoms with Crippen LogP contribution in [0.4, 0.5) is 14.5 Å². The van der Waals surface area contributed by atoms with E-state index in [4.69, 9.17) is 4.42 Å². The Hall–Kier alpha value is -3.14. The summed E-state index contributed by atoms with van der Waals surface area (Å²) in [5.74, 6) is 0.554. The van der Waals surface area contributed by atoms with Crippen LogP contribution in [0.25, 0.3) is 11.6 Å². The number of furan rings is 1. The summed E-state index contributed by atoms with van der Waals surface area (Å²) in [5.41, 5.74) is 0.161. The molecular formula is C19H18F2N4O3S. The van der Waals surface area contributed by atoms with Crippen LogP contribution in [0.5, 0.6) is 5.75 Å². The number of amides is 1. The molecule has 1 aromatic carbocycles. The number of hydrogen-bond acceptors (Lipinski definition) is 6. The summed E-state index contributed by atoms with van der Waals surface area (Å²) in [5, 5.41) is 10.8. The third kappa shape index (κ3) is 5.02. The summed E-state index contributed by atoms with van der Waals surface area (Å²) in [6.45, 7) is 2.84. The molecule has 1 N–H and O–H groups in total. The topological polar surface area (TPSA) is 82.2 Å². The van der Waals surface area contributed by atoms with E-state index in [1.165, 1.54) is 30.2 Å². The summed E-state index contributed by atoms with van der Waals surface area (Å²) in [6, 6.07) is 9.50. The second-order valence-electron chi connectivity index (χ2n) is 5.81. The van der Waals surface area contributed by atoms with E-state index in [1.807, 2.05) is 0 Å². The molecule has 0 spiro atoms. The Kier molecular flexibility index (Phi) is 6.65. The second-order valence-corrected chi connectivity index (χ2v) is 7.11. The number of alkyl halides is 2. The summed E-state index contributed by atoms with van der Waals surface area (Å²) in [6.07, 6.45) is 3.21. The number of nitrogens with zero attached hydrogens (tertiary/aromatic N) is 3. The van der Waals surface area contributed by atoms with E-state index in [0.717, 1.165) is 0 Å². The fourth-order valence-corrected chi connectivity index (χ4v) is 3.33. The van der Waals surface area contributed by atoms with Crippen LogP contribution in [0.1, 0.15) is 6.92 Å². The van der Waals surface area contributed by atoms with Gasteiger partial charge in [0, 0.05) is 6.54 Å². The first kappa shape index (κ1) is 20.6. The Labute approximate surface area is 169 Å². The SMILES string of the molecule is C=CCn1c(SC(C)C(=O)Nc2ccccc2OC(F)F)nnc1-c1ccco1. The van der Waals surface area contributed by atoms with Gasteiger partial charge < -0.3 is 14.5 Å². The van der Waals surface area contributed by atoms with Crippen LogP contribution >= 0.6 is 11.8 Å². The van der Waals surface area contributed by atoms with Crippen molar-refractivity contribution < 1.29 is 22.7 Å². The number of benzene rings is 1. The number of nitrogens with one attached hydrogen (secondary N) is 1. The summed E-state index contributed by atoms with van der Waals surface area (Å²) in [7, 11) is 0. The number of anilines is 1. The lowest BCUT2D eigenvalue weighted by molar-refractivity contribution is -0.115. The standard InChI is InChI=1S/C19H18F2N4O3S/c1-3-10-25-16(15-9-6-11-27-15)23-24-19(25)29-12(2)17(26)22-13-7-4-5-8-14(13)28-18(20)21/h3-9,11-12,18H,1,10H2,2H3,(H,22,26). The predicted molar refractivity (Wildman–Crippen MR) is 105 cm³/mol. The van der Waals surface area contributed by atoms with E-state index in [1.54, 1.807) is 41.8 Å². The van der Waals surface area contributed by atoms with Crippen molar-refractivity contribution >= 4 is 23.4 Å². The summed E-state index contributed by atoms with van der Waals surface area (Å²) >= 11 is 1.17. The molecule has 3 rings (SSSR count). The van der Waals surface area contributed by atoms with Crippen molar-refractivity contribution in [2.45, 2.75) is 30.5 Å². The van der Waals surface area contributed by atoms with E-state index in [2.05, 4.69) is 26.8 Å². The smallest absolute Gasteiger partial charge is 0.387 e. The number of ether oxygens (including phenoxy) is 1. The molecule has 0 saturated carbocycles. The molecule has 0 radical (unpaired) electrons. The molecule has 10 heteroatoms.